The highest BCUT2D eigenvalue weighted by Gasteiger charge is 2.43. The highest BCUT2D eigenvalue weighted by atomic mass is 35.5. The van der Waals surface area contributed by atoms with E-state index in [0.29, 0.717) is 10.6 Å². The Morgan fingerprint density at radius 1 is 1.08 bits per heavy atom. The van der Waals surface area contributed by atoms with Crippen LogP contribution in [0.1, 0.15) is 17.3 Å². The van der Waals surface area contributed by atoms with Crippen molar-refractivity contribution in [1.29, 1.82) is 0 Å². The zero-order valence-electron chi connectivity index (χ0n) is 13.4. The number of alkyl halides is 2. The molecule has 3 rings (SSSR count). The molecule has 1 aliphatic heterocycles. The Morgan fingerprint density at radius 3 is 2.42 bits per heavy atom. The third-order valence-corrected chi connectivity index (χ3v) is 3.77. The predicted octanol–water partition coefficient (Wildman–Crippen LogP) is 3.42. The smallest absolute Gasteiger partial charge is 0.395 e. The fourth-order valence-corrected chi connectivity index (χ4v) is 2.35. The van der Waals surface area contributed by atoms with E-state index < -0.39 is 24.2 Å². The van der Waals surface area contributed by atoms with Gasteiger partial charge in [0.25, 0.3) is 5.91 Å². The number of hydrogen-bond donors (Lipinski definition) is 2. The van der Waals surface area contributed by atoms with E-state index in [-0.39, 0.29) is 17.2 Å². The Balaban J connectivity index is 1.61. The van der Waals surface area contributed by atoms with Crippen molar-refractivity contribution in [2.75, 3.05) is 5.32 Å². The molecule has 26 heavy (non-hydrogen) atoms. The van der Waals surface area contributed by atoms with Crippen LogP contribution in [0, 0.1) is 0 Å². The maximum Gasteiger partial charge on any atom is 0.586 e. The molecule has 136 valence electrons. The summed E-state index contributed by atoms with van der Waals surface area (Å²) in [6, 6.07) is 9.15. The average molecular weight is 383 g/mol. The number of rotatable bonds is 4. The molecular weight excluding hydrogens is 370 g/mol. The second kappa shape index (κ2) is 6.80. The number of halogens is 3. The SMILES string of the molecule is CC(NC(=O)c1ccc(Cl)cc1)C(=O)Nc1ccc2c(c1)OC(F)(F)O2. The first-order chi connectivity index (χ1) is 12.2. The van der Waals surface area contributed by atoms with Gasteiger partial charge >= 0.3 is 6.29 Å². The number of amides is 2. The zero-order valence-corrected chi connectivity index (χ0v) is 14.1. The molecule has 0 saturated heterocycles. The molecular formula is C17H13ClF2N2O4. The van der Waals surface area contributed by atoms with Crippen LogP contribution in [0.25, 0.3) is 0 Å². The van der Waals surface area contributed by atoms with E-state index in [1.807, 2.05) is 0 Å². The second-order valence-corrected chi connectivity index (χ2v) is 5.96. The lowest BCUT2D eigenvalue weighted by atomic mass is 10.2. The van der Waals surface area contributed by atoms with Crippen LogP contribution < -0.4 is 20.1 Å². The van der Waals surface area contributed by atoms with E-state index in [1.165, 1.54) is 37.3 Å². The number of fused-ring (bicyclic) bond motifs is 1. The van der Waals surface area contributed by atoms with Crippen LogP contribution in [0.3, 0.4) is 0 Å². The van der Waals surface area contributed by atoms with Gasteiger partial charge in [0.05, 0.1) is 0 Å². The lowest BCUT2D eigenvalue weighted by Gasteiger charge is -2.14. The van der Waals surface area contributed by atoms with Gasteiger partial charge in [0.1, 0.15) is 6.04 Å². The van der Waals surface area contributed by atoms with Gasteiger partial charge in [-0.1, -0.05) is 11.6 Å². The van der Waals surface area contributed by atoms with Gasteiger partial charge in [0, 0.05) is 22.3 Å². The van der Waals surface area contributed by atoms with Crippen LogP contribution in [0.4, 0.5) is 14.5 Å². The first-order valence-electron chi connectivity index (χ1n) is 7.51. The lowest BCUT2D eigenvalue weighted by molar-refractivity contribution is -0.286. The molecule has 2 aromatic carbocycles. The number of anilines is 1. The largest absolute Gasteiger partial charge is 0.586 e. The van der Waals surface area contributed by atoms with E-state index in [4.69, 9.17) is 11.6 Å². The lowest BCUT2D eigenvalue weighted by Crippen LogP contribution is -2.41. The number of carbonyl (C=O) groups excluding carboxylic acids is 2. The molecule has 1 atom stereocenters. The van der Waals surface area contributed by atoms with Crippen LogP contribution >= 0.6 is 11.6 Å². The topological polar surface area (TPSA) is 76.7 Å². The van der Waals surface area contributed by atoms with E-state index in [2.05, 4.69) is 20.1 Å². The zero-order chi connectivity index (χ0) is 18.9. The second-order valence-electron chi connectivity index (χ2n) is 5.52. The van der Waals surface area contributed by atoms with Gasteiger partial charge in [-0.15, -0.1) is 8.78 Å². The molecule has 0 radical (unpaired) electrons. The van der Waals surface area contributed by atoms with Crippen molar-refractivity contribution in [2.24, 2.45) is 0 Å². The molecule has 2 aromatic rings. The van der Waals surface area contributed by atoms with Crippen LogP contribution in [-0.2, 0) is 4.79 Å². The van der Waals surface area contributed by atoms with Crippen molar-refractivity contribution in [1.82, 2.24) is 5.32 Å². The molecule has 0 aliphatic carbocycles. The summed E-state index contributed by atoms with van der Waals surface area (Å²) < 4.78 is 34.6. The van der Waals surface area contributed by atoms with Crippen molar-refractivity contribution >= 4 is 29.1 Å². The van der Waals surface area contributed by atoms with Crippen LogP contribution in [0.2, 0.25) is 5.02 Å². The standard InChI is InChI=1S/C17H13ClF2N2O4/c1-9(21-16(24)10-2-4-11(18)5-3-10)15(23)22-12-6-7-13-14(8-12)26-17(19,20)25-13/h2-9H,1H3,(H,21,24)(H,22,23). The Labute approximate surface area is 152 Å². The molecule has 0 fully saturated rings. The van der Waals surface area contributed by atoms with E-state index in [9.17, 15) is 18.4 Å². The Bertz CT molecular complexity index is 858. The van der Waals surface area contributed by atoms with Gasteiger partial charge in [-0.05, 0) is 43.3 Å². The van der Waals surface area contributed by atoms with Crippen molar-refractivity contribution < 1.29 is 27.8 Å². The maximum atomic E-state index is 13.0. The molecule has 6 nitrogen and oxygen atoms in total. The maximum absolute atomic E-state index is 13.0. The molecule has 1 unspecified atom stereocenters. The monoisotopic (exact) mass is 382 g/mol. The number of nitrogens with one attached hydrogen (secondary N) is 2. The van der Waals surface area contributed by atoms with Gasteiger partial charge in [0.2, 0.25) is 5.91 Å². The van der Waals surface area contributed by atoms with Crippen molar-refractivity contribution in [3.63, 3.8) is 0 Å². The van der Waals surface area contributed by atoms with E-state index in [1.54, 1.807) is 12.1 Å². The molecule has 0 aromatic heterocycles. The van der Waals surface area contributed by atoms with Crippen LogP contribution in [0.5, 0.6) is 11.5 Å². The summed E-state index contributed by atoms with van der Waals surface area (Å²) in [6.45, 7) is 1.49. The third kappa shape index (κ3) is 4.02. The Morgan fingerprint density at radius 2 is 1.73 bits per heavy atom. The first-order valence-corrected chi connectivity index (χ1v) is 7.88. The minimum Gasteiger partial charge on any atom is -0.395 e. The summed E-state index contributed by atoms with van der Waals surface area (Å²) >= 11 is 5.76. The average Bonchev–Trinajstić information content (AvgIpc) is 2.88. The molecule has 9 heteroatoms. The minimum atomic E-state index is -3.73. The van der Waals surface area contributed by atoms with Gasteiger partial charge < -0.3 is 20.1 Å². The van der Waals surface area contributed by atoms with Crippen LogP contribution in [-0.4, -0.2) is 24.2 Å². The number of benzene rings is 2. The Kier molecular flexibility index (Phi) is 4.69. The summed E-state index contributed by atoms with van der Waals surface area (Å²) in [5, 5.41) is 5.53. The van der Waals surface area contributed by atoms with Crippen LogP contribution in [0.15, 0.2) is 42.5 Å². The fraction of sp³-hybridized carbons (Fsp3) is 0.176. The number of carbonyl (C=O) groups is 2. The summed E-state index contributed by atoms with van der Waals surface area (Å²) in [5.41, 5.74) is 0.571. The van der Waals surface area contributed by atoms with E-state index in [0.717, 1.165) is 0 Å². The normalized spacial score (nSPS) is 15.2. The molecule has 0 spiro atoms. The van der Waals surface area contributed by atoms with Crippen molar-refractivity contribution in [3.05, 3.63) is 53.1 Å². The van der Waals surface area contributed by atoms with Crippen molar-refractivity contribution in [2.45, 2.75) is 19.3 Å². The summed E-state index contributed by atoms with van der Waals surface area (Å²) in [4.78, 5) is 24.3. The predicted molar refractivity (Wildman–Crippen MR) is 89.7 cm³/mol. The molecule has 2 N–H and O–H groups in total. The summed E-state index contributed by atoms with van der Waals surface area (Å²) in [7, 11) is 0. The molecule has 1 heterocycles. The van der Waals surface area contributed by atoms with Gasteiger partial charge in [-0.3, -0.25) is 9.59 Å². The highest BCUT2D eigenvalue weighted by molar-refractivity contribution is 6.30. The first kappa shape index (κ1) is 17.9. The van der Waals surface area contributed by atoms with Gasteiger partial charge in [0.15, 0.2) is 11.5 Å². The molecule has 0 saturated carbocycles. The summed E-state index contributed by atoms with van der Waals surface area (Å²) in [6.07, 6.45) is -3.73. The molecule has 0 bridgehead atoms. The quantitative estimate of drug-likeness (QED) is 0.849. The molecule has 2 amide bonds. The number of ether oxygens (including phenoxy) is 2. The van der Waals surface area contributed by atoms with Crippen molar-refractivity contribution in [3.8, 4) is 11.5 Å². The Hall–Kier alpha value is -2.87. The third-order valence-electron chi connectivity index (χ3n) is 3.52. The summed E-state index contributed by atoms with van der Waals surface area (Å²) in [5.74, 6) is -1.30. The van der Waals surface area contributed by atoms with Gasteiger partial charge in [-0.25, -0.2) is 0 Å². The number of hydrogen-bond acceptors (Lipinski definition) is 4. The highest BCUT2D eigenvalue weighted by Crippen LogP contribution is 2.42. The molecule has 1 aliphatic rings. The van der Waals surface area contributed by atoms with Gasteiger partial charge in [-0.2, -0.15) is 0 Å². The fourth-order valence-electron chi connectivity index (χ4n) is 2.22. The van der Waals surface area contributed by atoms with E-state index >= 15 is 0 Å². The minimum absolute atomic E-state index is 0.128.